The Morgan fingerprint density at radius 1 is 1.25 bits per heavy atom. The Morgan fingerprint density at radius 3 is 2.88 bits per heavy atom. The first-order valence-electron chi connectivity index (χ1n) is 8.51. The van der Waals surface area contributed by atoms with Gasteiger partial charge in [0, 0.05) is 19.8 Å². The van der Waals surface area contributed by atoms with Crippen molar-refractivity contribution < 1.29 is 0 Å². The van der Waals surface area contributed by atoms with Gasteiger partial charge in [-0.3, -0.25) is 9.39 Å². The molecule has 0 bridgehead atoms. The highest BCUT2D eigenvalue weighted by molar-refractivity contribution is 14.0. The van der Waals surface area contributed by atoms with E-state index in [1.807, 2.05) is 35.8 Å². The Hall–Kier alpha value is -1.38. The second-order valence-electron chi connectivity index (χ2n) is 6.37. The molecule has 2 aromatic heterocycles. The summed E-state index contributed by atoms with van der Waals surface area (Å²) in [6.45, 7) is 3.95. The molecule has 2 heterocycles. The fourth-order valence-electron chi connectivity index (χ4n) is 3.32. The van der Waals surface area contributed by atoms with Crippen LogP contribution in [0.4, 0.5) is 0 Å². The average Bonchev–Trinajstić information content (AvgIpc) is 3.00. The van der Waals surface area contributed by atoms with Crippen LogP contribution < -0.4 is 10.6 Å². The van der Waals surface area contributed by atoms with Crippen molar-refractivity contribution in [1.82, 2.24) is 25.2 Å². The van der Waals surface area contributed by atoms with Gasteiger partial charge in [-0.2, -0.15) is 0 Å². The van der Waals surface area contributed by atoms with Gasteiger partial charge >= 0.3 is 0 Å². The summed E-state index contributed by atoms with van der Waals surface area (Å²) < 4.78 is 1.99. The van der Waals surface area contributed by atoms with Crippen molar-refractivity contribution in [3.63, 3.8) is 0 Å². The molecule has 1 fully saturated rings. The lowest BCUT2D eigenvalue weighted by molar-refractivity contribution is 0.256. The van der Waals surface area contributed by atoms with E-state index in [9.17, 15) is 0 Å². The lowest BCUT2D eigenvalue weighted by Gasteiger charge is -2.29. The van der Waals surface area contributed by atoms with E-state index in [1.165, 1.54) is 25.7 Å². The lowest BCUT2D eigenvalue weighted by atomic mass is 9.80. The number of hydrogen-bond acceptors (Lipinski definition) is 3. The number of pyridine rings is 1. The quantitative estimate of drug-likeness (QED) is 0.434. The lowest BCUT2D eigenvalue weighted by Crippen LogP contribution is -2.41. The van der Waals surface area contributed by atoms with Crippen LogP contribution in [0.2, 0.25) is 0 Å². The number of aromatic nitrogens is 3. The number of guanidine groups is 1. The predicted octanol–water partition coefficient (Wildman–Crippen LogP) is 2.84. The summed E-state index contributed by atoms with van der Waals surface area (Å²) in [6, 6.07) is 5.90. The van der Waals surface area contributed by atoms with Gasteiger partial charge in [0.05, 0.1) is 6.54 Å². The molecule has 2 aromatic rings. The van der Waals surface area contributed by atoms with Crippen molar-refractivity contribution in [2.75, 3.05) is 13.6 Å². The van der Waals surface area contributed by atoms with Crippen molar-refractivity contribution in [3.05, 3.63) is 30.2 Å². The van der Waals surface area contributed by atoms with Gasteiger partial charge in [-0.15, -0.1) is 34.2 Å². The maximum atomic E-state index is 4.31. The zero-order chi connectivity index (χ0) is 16.1. The number of rotatable bonds is 4. The number of nitrogens with zero attached hydrogens (tertiary/aromatic N) is 4. The molecule has 0 radical (unpaired) electrons. The van der Waals surface area contributed by atoms with E-state index in [2.05, 4.69) is 32.7 Å². The number of hydrogen-bond donors (Lipinski definition) is 2. The predicted molar refractivity (Wildman–Crippen MR) is 108 cm³/mol. The average molecular weight is 442 g/mol. The molecule has 0 aromatic carbocycles. The van der Waals surface area contributed by atoms with E-state index < -0.39 is 0 Å². The molecule has 0 aliphatic heterocycles. The highest BCUT2D eigenvalue weighted by Crippen LogP contribution is 2.28. The highest BCUT2D eigenvalue weighted by atomic mass is 127. The Bertz CT molecular complexity index is 668. The molecule has 0 spiro atoms. The minimum Gasteiger partial charge on any atom is -0.356 e. The van der Waals surface area contributed by atoms with E-state index in [1.54, 1.807) is 0 Å². The maximum absolute atomic E-state index is 4.31. The van der Waals surface area contributed by atoms with Crippen molar-refractivity contribution in [1.29, 1.82) is 0 Å². The van der Waals surface area contributed by atoms with E-state index in [-0.39, 0.29) is 24.0 Å². The largest absolute Gasteiger partial charge is 0.356 e. The summed E-state index contributed by atoms with van der Waals surface area (Å²) in [5.41, 5.74) is 0.864. The third kappa shape index (κ3) is 4.58. The zero-order valence-corrected chi connectivity index (χ0v) is 16.7. The summed E-state index contributed by atoms with van der Waals surface area (Å²) in [6.07, 6.45) is 7.38. The minimum absolute atomic E-state index is 0. The van der Waals surface area contributed by atoms with Crippen LogP contribution in [0.5, 0.6) is 0 Å². The molecule has 7 heteroatoms. The molecule has 2 atom stereocenters. The standard InChI is InChI=1S/C17H26N6.HI/c1-13-7-3-4-8-14(13)11-19-17(18-2)20-12-16-22-21-15-9-5-6-10-23(15)16;/h5-6,9-10,13-14H,3-4,7-8,11-12H2,1-2H3,(H2,18,19,20);1H. The van der Waals surface area contributed by atoms with Crippen LogP contribution in [0.1, 0.15) is 38.4 Å². The molecule has 2 N–H and O–H groups in total. The van der Waals surface area contributed by atoms with Gasteiger partial charge in [0.15, 0.2) is 17.4 Å². The summed E-state index contributed by atoms with van der Waals surface area (Å²) in [7, 11) is 1.81. The normalized spacial score (nSPS) is 21.3. The van der Waals surface area contributed by atoms with E-state index >= 15 is 0 Å². The molecule has 1 saturated carbocycles. The first-order valence-corrected chi connectivity index (χ1v) is 8.51. The monoisotopic (exact) mass is 442 g/mol. The summed E-state index contributed by atoms with van der Waals surface area (Å²) in [4.78, 5) is 4.31. The highest BCUT2D eigenvalue weighted by Gasteiger charge is 2.21. The third-order valence-corrected chi connectivity index (χ3v) is 4.84. The SMILES string of the molecule is CN=C(NCc1nnc2ccccn12)NCC1CCCCC1C.I. The molecule has 132 valence electrons. The van der Waals surface area contributed by atoms with Crippen molar-refractivity contribution in [2.24, 2.45) is 16.8 Å². The van der Waals surface area contributed by atoms with Crippen LogP contribution in [-0.2, 0) is 6.54 Å². The van der Waals surface area contributed by atoms with Crippen LogP contribution in [-0.4, -0.2) is 34.2 Å². The van der Waals surface area contributed by atoms with Crippen LogP contribution in [0.25, 0.3) is 5.65 Å². The van der Waals surface area contributed by atoms with Gasteiger partial charge in [-0.05, 0) is 30.4 Å². The number of nitrogens with one attached hydrogen (secondary N) is 2. The molecule has 1 aliphatic carbocycles. The van der Waals surface area contributed by atoms with Gasteiger partial charge in [0.1, 0.15) is 0 Å². The molecule has 6 nitrogen and oxygen atoms in total. The van der Waals surface area contributed by atoms with E-state index in [0.717, 1.165) is 35.8 Å². The van der Waals surface area contributed by atoms with Crippen LogP contribution in [0, 0.1) is 11.8 Å². The molecule has 3 rings (SSSR count). The Balaban J connectivity index is 0.00000208. The molecule has 0 amide bonds. The maximum Gasteiger partial charge on any atom is 0.191 e. The minimum atomic E-state index is 0. The molecular weight excluding hydrogens is 415 g/mol. The van der Waals surface area contributed by atoms with E-state index in [4.69, 9.17) is 0 Å². The van der Waals surface area contributed by atoms with Gasteiger partial charge < -0.3 is 10.6 Å². The first kappa shape index (κ1) is 19.0. The Morgan fingerprint density at radius 2 is 2.08 bits per heavy atom. The molecule has 1 aliphatic rings. The van der Waals surface area contributed by atoms with Gasteiger partial charge in [-0.25, -0.2) is 0 Å². The van der Waals surface area contributed by atoms with Crippen molar-refractivity contribution in [2.45, 2.75) is 39.2 Å². The summed E-state index contributed by atoms with van der Waals surface area (Å²) in [5, 5.41) is 15.2. The number of aliphatic imine (C=N–C) groups is 1. The smallest absolute Gasteiger partial charge is 0.191 e. The topological polar surface area (TPSA) is 66.6 Å². The molecule has 24 heavy (non-hydrogen) atoms. The fraction of sp³-hybridized carbons (Fsp3) is 0.588. The van der Waals surface area contributed by atoms with Crippen LogP contribution >= 0.6 is 24.0 Å². The van der Waals surface area contributed by atoms with Crippen LogP contribution in [0.15, 0.2) is 29.4 Å². The van der Waals surface area contributed by atoms with E-state index in [0.29, 0.717) is 6.54 Å². The molecule has 0 saturated heterocycles. The third-order valence-electron chi connectivity index (χ3n) is 4.84. The van der Waals surface area contributed by atoms with Crippen molar-refractivity contribution >= 4 is 35.6 Å². The molecular formula is C17H27IN6. The zero-order valence-electron chi connectivity index (χ0n) is 14.4. The molecule has 2 unspecified atom stereocenters. The second kappa shape index (κ2) is 9.19. The van der Waals surface area contributed by atoms with Gasteiger partial charge in [-0.1, -0.05) is 32.3 Å². The summed E-state index contributed by atoms with van der Waals surface area (Å²) in [5.74, 6) is 3.26. The summed E-state index contributed by atoms with van der Waals surface area (Å²) >= 11 is 0. The number of halogens is 1. The fourth-order valence-corrected chi connectivity index (χ4v) is 3.32. The van der Waals surface area contributed by atoms with Crippen molar-refractivity contribution in [3.8, 4) is 0 Å². The van der Waals surface area contributed by atoms with Gasteiger partial charge in [0.2, 0.25) is 0 Å². The Kier molecular flexibility index (Phi) is 7.26. The first-order chi connectivity index (χ1) is 11.3. The number of fused-ring (bicyclic) bond motifs is 1. The second-order valence-corrected chi connectivity index (χ2v) is 6.37. The Labute approximate surface area is 160 Å². The van der Waals surface area contributed by atoms with Crippen LogP contribution in [0.3, 0.4) is 0 Å². The van der Waals surface area contributed by atoms with Gasteiger partial charge in [0.25, 0.3) is 0 Å².